The van der Waals surface area contributed by atoms with E-state index >= 15 is 0 Å². The number of aromatic nitrogens is 4. The van der Waals surface area contributed by atoms with Crippen molar-refractivity contribution in [2.45, 2.75) is 5.16 Å². The predicted octanol–water partition coefficient (Wildman–Crippen LogP) is 3.92. The lowest BCUT2D eigenvalue weighted by molar-refractivity contribution is -0.113. The van der Waals surface area contributed by atoms with Crippen LogP contribution in [-0.4, -0.2) is 31.9 Å². The minimum atomic E-state index is -0.118. The number of nitrogens with one attached hydrogen (secondary N) is 1. The lowest BCUT2D eigenvalue weighted by atomic mass is 10.3. The molecule has 0 unspecified atom stereocenters. The molecule has 122 valence electrons. The Morgan fingerprint density at radius 1 is 1.04 bits per heavy atom. The van der Waals surface area contributed by atoms with Crippen molar-refractivity contribution < 1.29 is 4.79 Å². The van der Waals surface area contributed by atoms with Gasteiger partial charge in [-0.25, -0.2) is 0 Å². The summed E-state index contributed by atoms with van der Waals surface area (Å²) < 4.78 is 3.54. The van der Waals surface area contributed by atoms with Crippen LogP contribution in [0.15, 0.2) is 62.6 Å². The first-order valence-corrected chi connectivity index (χ1v) is 9.41. The standard InChI is InChI=1S/C15H11Br2N5OS/c16-10-1-5-12(6-2-10)18-14(23)9-24-15-19-20-21-22(15)13-7-3-11(17)4-8-13/h1-8H,9H2,(H,18,23). The maximum absolute atomic E-state index is 12.1. The van der Waals surface area contributed by atoms with Crippen LogP contribution in [0, 0.1) is 0 Å². The lowest BCUT2D eigenvalue weighted by Gasteiger charge is -2.06. The zero-order valence-electron chi connectivity index (χ0n) is 12.2. The van der Waals surface area contributed by atoms with Gasteiger partial charge in [0.15, 0.2) is 0 Å². The molecular weight excluding hydrogens is 458 g/mol. The van der Waals surface area contributed by atoms with E-state index < -0.39 is 0 Å². The first-order chi connectivity index (χ1) is 11.6. The number of rotatable bonds is 5. The summed E-state index contributed by atoms with van der Waals surface area (Å²) in [5.41, 5.74) is 1.58. The fourth-order valence-corrected chi connectivity index (χ4v) is 3.09. The highest BCUT2D eigenvalue weighted by Crippen LogP contribution is 2.20. The lowest BCUT2D eigenvalue weighted by Crippen LogP contribution is -2.14. The highest BCUT2D eigenvalue weighted by Gasteiger charge is 2.11. The summed E-state index contributed by atoms with van der Waals surface area (Å²) in [6, 6.07) is 15.0. The smallest absolute Gasteiger partial charge is 0.234 e. The molecule has 0 radical (unpaired) electrons. The molecule has 0 atom stereocenters. The van der Waals surface area contributed by atoms with Crippen molar-refractivity contribution in [3.05, 3.63) is 57.5 Å². The van der Waals surface area contributed by atoms with E-state index in [1.807, 2.05) is 48.5 Å². The fourth-order valence-electron chi connectivity index (χ4n) is 1.87. The topological polar surface area (TPSA) is 72.7 Å². The molecule has 0 aliphatic rings. The predicted molar refractivity (Wildman–Crippen MR) is 100 cm³/mol. The van der Waals surface area contributed by atoms with Gasteiger partial charge in [-0.2, -0.15) is 4.68 Å². The number of nitrogens with zero attached hydrogens (tertiary/aromatic N) is 4. The molecule has 0 aliphatic carbocycles. The van der Waals surface area contributed by atoms with Gasteiger partial charge in [0.2, 0.25) is 11.1 Å². The Morgan fingerprint density at radius 2 is 1.67 bits per heavy atom. The zero-order valence-corrected chi connectivity index (χ0v) is 16.2. The molecule has 0 aliphatic heterocycles. The van der Waals surface area contributed by atoms with E-state index in [1.54, 1.807) is 4.68 Å². The molecule has 9 heteroatoms. The first kappa shape index (κ1) is 17.1. The fraction of sp³-hybridized carbons (Fsp3) is 0.0667. The molecule has 0 spiro atoms. The molecule has 2 aromatic carbocycles. The maximum Gasteiger partial charge on any atom is 0.234 e. The van der Waals surface area contributed by atoms with Crippen molar-refractivity contribution in [2.24, 2.45) is 0 Å². The van der Waals surface area contributed by atoms with E-state index in [0.717, 1.165) is 20.3 Å². The number of halogens is 2. The highest BCUT2D eigenvalue weighted by molar-refractivity contribution is 9.10. The Bertz CT molecular complexity index is 836. The van der Waals surface area contributed by atoms with E-state index in [2.05, 4.69) is 52.7 Å². The average molecular weight is 469 g/mol. The number of thioether (sulfide) groups is 1. The van der Waals surface area contributed by atoms with Gasteiger partial charge in [0.25, 0.3) is 0 Å². The Hall–Kier alpha value is -1.71. The van der Waals surface area contributed by atoms with Gasteiger partial charge in [-0.05, 0) is 59.0 Å². The minimum absolute atomic E-state index is 0.118. The SMILES string of the molecule is O=C(CSc1nnnn1-c1ccc(Br)cc1)Nc1ccc(Br)cc1. The van der Waals surface area contributed by atoms with E-state index in [9.17, 15) is 4.79 Å². The van der Waals surface area contributed by atoms with Crippen molar-refractivity contribution in [3.8, 4) is 5.69 Å². The highest BCUT2D eigenvalue weighted by atomic mass is 79.9. The summed E-state index contributed by atoms with van der Waals surface area (Å²) in [7, 11) is 0. The van der Waals surface area contributed by atoms with Gasteiger partial charge in [-0.15, -0.1) is 5.10 Å². The molecule has 0 fully saturated rings. The second-order valence-corrected chi connectivity index (χ2v) is 7.47. The van der Waals surface area contributed by atoms with Crippen molar-refractivity contribution in [1.29, 1.82) is 0 Å². The summed E-state index contributed by atoms with van der Waals surface area (Å²) >= 11 is 8.03. The number of benzene rings is 2. The van der Waals surface area contributed by atoms with E-state index in [4.69, 9.17) is 0 Å². The monoisotopic (exact) mass is 467 g/mol. The minimum Gasteiger partial charge on any atom is -0.325 e. The van der Waals surface area contributed by atoms with Gasteiger partial charge in [0, 0.05) is 14.6 Å². The van der Waals surface area contributed by atoms with Crippen LogP contribution in [0.3, 0.4) is 0 Å². The number of hydrogen-bond acceptors (Lipinski definition) is 5. The van der Waals surface area contributed by atoms with Crippen LogP contribution in [0.4, 0.5) is 5.69 Å². The summed E-state index contributed by atoms with van der Waals surface area (Å²) in [5.74, 6) is 0.0974. The molecule has 3 aromatic rings. The van der Waals surface area contributed by atoms with Crippen LogP contribution < -0.4 is 5.32 Å². The summed E-state index contributed by atoms with van der Waals surface area (Å²) in [4.78, 5) is 12.1. The van der Waals surface area contributed by atoms with Crippen molar-refractivity contribution in [2.75, 3.05) is 11.1 Å². The number of tetrazole rings is 1. The van der Waals surface area contributed by atoms with Crippen molar-refractivity contribution in [3.63, 3.8) is 0 Å². The number of carbonyl (C=O) groups is 1. The number of hydrogen-bond donors (Lipinski definition) is 1. The van der Waals surface area contributed by atoms with Crippen molar-refractivity contribution in [1.82, 2.24) is 20.2 Å². The molecule has 3 rings (SSSR count). The quantitative estimate of drug-likeness (QED) is 0.574. The number of anilines is 1. The molecule has 1 aromatic heterocycles. The maximum atomic E-state index is 12.1. The molecule has 1 heterocycles. The van der Waals surface area contributed by atoms with Crippen LogP contribution in [0.25, 0.3) is 5.69 Å². The van der Waals surface area contributed by atoms with E-state index in [1.165, 1.54) is 11.8 Å². The van der Waals surface area contributed by atoms with Gasteiger partial charge in [0.05, 0.1) is 11.4 Å². The van der Waals surface area contributed by atoms with E-state index in [-0.39, 0.29) is 11.7 Å². The second-order valence-electron chi connectivity index (χ2n) is 4.69. The Kier molecular flexibility index (Phi) is 5.64. The molecule has 0 saturated heterocycles. The number of amides is 1. The molecular formula is C15H11Br2N5OS. The molecule has 1 amide bonds. The summed E-state index contributed by atoms with van der Waals surface area (Å²) in [6.07, 6.45) is 0. The third-order valence-corrected chi connectivity index (χ3v) is 4.95. The second kappa shape index (κ2) is 7.91. The summed E-state index contributed by atoms with van der Waals surface area (Å²) in [6.45, 7) is 0. The molecule has 6 nitrogen and oxygen atoms in total. The molecule has 1 N–H and O–H groups in total. The van der Waals surface area contributed by atoms with Crippen LogP contribution in [0.2, 0.25) is 0 Å². The van der Waals surface area contributed by atoms with Gasteiger partial charge >= 0.3 is 0 Å². The van der Waals surface area contributed by atoms with Crippen LogP contribution in [0.1, 0.15) is 0 Å². The van der Waals surface area contributed by atoms with Crippen LogP contribution in [-0.2, 0) is 4.79 Å². The van der Waals surface area contributed by atoms with Gasteiger partial charge in [-0.3, -0.25) is 4.79 Å². The average Bonchev–Trinajstić information content (AvgIpc) is 3.04. The number of carbonyl (C=O) groups excluding carboxylic acids is 1. The first-order valence-electron chi connectivity index (χ1n) is 6.84. The Balaban J connectivity index is 1.63. The Labute approximate surface area is 159 Å². The van der Waals surface area contributed by atoms with Crippen LogP contribution >= 0.6 is 43.6 Å². The molecule has 24 heavy (non-hydrogen) atoms. The third-order valence-electron chi connectivity index (χ3n) is 2.97. The zero-order chi connectivity index (χ0) is 16.9. The van der Waals surface area contributed by atoms with Gasteiger partial charge < -0.3 is 5.32 Å². The molecule has 0 saturated carbocycles. The normalized spacial score (nSPS) is 10.6. The van der Waals surface area contributed by atoms with Crippen molar-refractivity contribution >= 4 is 55.2 Å². The third kappa shape index (κ3) is 4.43. The van der Waals surface area contributed by atoms with Crippen LogP contribution in [0.5, 0.6) is 0 Å². The van der Waals surface area contributed by atoms with Gasteiger partial charge in [0.1, 0.15) is 0 Å². The summed E-state index contributed by atoms with van der Waals surface area (Å²) in [5, 5.41) is 15.0. The molecule has 0 bridgehead atoms. The van der Waals surface area contributed by atoms with E-state index in [0.29, 0.717) is 5.16 Å². The van der Waals surface area contributed by atoms with Gasteiger partial charge in [-0.1, -0.05) is 43.6 Å². The largest absolute Gasteiger partial charge is 0.325 e. The Morgan fingerprint density at radius 3 is 2.33 bits per heavy atom.